The van der Waals surface area contributed by atoms with Crippen LogP contribution in [0.1, 0.15) is 31.7 Å². The Bertz CT molecular complexity index is 870. The molecule has 0 aliphatic carbocycles. The molecule has 1 aliphatic rings. The first kappa shape index (κ1) is 18.6. The average Bonchev–Trinajstić information content (AvgIpc) is 2.83. The van der Waals surface area contributed by atoms with Crippen molar-refractivity contribution >= 4 is 16.6 Å². The smallest absolute Gasteiger partial charge is 0.365 e. The van der Waals surface area contributed by atoms with Gasteiger partial charge in [-0.15, -0.1) is 0 Å². The van der Waals surface area contributed by atoms with Crippen molar-refractivity contribution in [3.05, 3.63) is 40.2 Å². The zero-order chi connectivity index (χ0) is 19.3. The van der Waals surface area contributed by atoms with Gasteiger partial charge < -0.3 is 9.88 Å². The Morgan fingerprint density at radius 2 is 1.81 bits per heavy atom. The Labute approximate surface area is 144 Å². The summed E-state index contributed by atoms with van der Waals surface area (Å²) in [4.78, 5) is 15.3. The van der Waals surface area contributed by atoms with E-state index in [9.17, 15) is 31.1 Å². The van der Waals surface area contributed by atoms with Gasteiger partial charge in [0.05, 0.1) is 12.0 Å². The summed E-state index contributed by atoms with van der Waals surface area (Å²) < 4.78 is 78.3. The number of pyridine rings is 1. The fourth-order valence-electron chi connectivity index (χ4n) is 3.64. The number of aromatic amines is 1. The lowest BCUT2D eigenvalue weighted by atomic mass is 10.1. The Kier molecular flexibility index (Phi) is 4.44. The molecule has 1 N–H and O–H groups in total. The van der Waals surface area contributed by atoms with Crippen molar-refractivity contribution in [3.63, 3.8) is 0 Å². The third-order valence-corrected chi connectivity index (χ3v) is 4.68. The van der Waals surface area contributed by atoms with Crippen molar-refractivity contribution in [2.75, 3.05) is 4.90 Å². The quantitative estimate of drug-likeness (QED) is 0.758. The third-order valence-electron chi connectivity index (χ3n) is 4.68. The molecule has 26 heavy (non-hydrogen) atoms. The fraction of sp³-hybridized carbons (Fsp3) is 0.471. The molecule has 2 heterocycles. The molecule has 2 aromatic rings. The number of nitrogens with zero attached hydrogens (tertiary/aromatic N) is 1. The SMILES string of the molecule is CC1CC[C@H](CC(F)(F)F)N1c1ccc2[nH]c(=O)cc(C(F)(F)F)c2c1. The van der Waals surface area contributed by atoms with Crippen LogP contribution in [0.3, 0.4) is 0 Å². The second kappa shape index (κ2) is 6.21. The number of benzene rings is 1. The van der Waals surface area contributed by atoms with Crippen molar-refractivity contribution in [1.82, 2.24) is 4.98 Å². The maximum Gasteiger partial charge on any atom is 0.417 e. The highest BCUT2D eigenvalue weighted by Crippen LogP contribution is 2.39. The van der Waals surface area contributed by atoms with Gasteiger partial charge in [0.15, 0.2) is 0 Å². The maximum atomic E-state index is 13.3. The highest BCUT2D eigenvalue weighted by atomic mass is 19.4. The summed E-state index contributed by atoms with van der Waals surface area (Å²) >= 11 is 0. The number of fused-ring (bicyclic) bond motifs is 1. The van der Waals surface area contributed by atoms with Crippen LogP contribution >= 0.6 is 0 Å². The summed E-state index contributed by atoms with van der Waals surface area (Å²) in [7, 11) is 0. The zero-order valence-electron chi connectivity index (χ0n) is 13.7. The fourth-order valence-corrected chi connectivity index (χ4v) is 3.64. The van der Waals surface area contributed by atoms with Gasteiger partial charge in [-0.3, -0.25) is 4.79 Å². The Balaban J connectivity index is 2.10. The van der Waals surface area contributed by atoms with Crippen LogP contribution in [-0.4, -0.2) is 23.2 Å². The van der Waals surface area contributed by atoms with Crippen LogP contribution in [0.25, 0.3) is 10.9 Å². The van der Waals surface area contributed by atoms with E-state index in [1.807, 2.05) is 0 Å². The van der Waals surface area contributed by atoms with Gasteiger partial charge >= 0.3 is 12.4 Å². The molecule has 1 aliphatic heterocycles. The van der Waals surface area contributed by atoms with Crippen molar-refractivity contribution in [1.29, 1.82) is 0 Å². The largest absolute Gasteiger partial charge is 0.417 e. The Morgan fingerprint density at radius 1 is 1.12 bits per heavy atom. The minimum Gasteiger partial charge on any atom is -0.365 e. The number of anilines is 1. The second-order valence-corrected chi connectivity index (χ2v) is 6.58. The van der Waals surface area contributed by atoms with Crippen LogP contribution in [0.5, 0.6) is 0 Å². The van der Waals surface area contributed by atoms with Gasteiger partial charge in [0.2, 0.25) is 5.56 Å². The van der Waals surface area contributed by atoms with Crippen molar-refractivity contribution in [2.45, 2.75) is 50.6 Å². The molecule has 9 heteroatoms. The molecule has 3 rings (SSSR count). The van der Waals surface area contributed by atoms with Crippen molar-refractivity contribution < 1.29 is 26.3 Å². The topological polar surface area (TPSA) is 36.1 Å². The van der Waals surface area contributed by atoms with E-state index in [1.165, 1.54) is 23.1 Å². The van der Waals surface area contributed by atoms with Crippen LogP contribution in [0.15, 0.2) is 29.1 Å². The molecule has 3 nitrogen and oxygen atoms in total. The molecule has 0 spiro atoms. The zero-order valence-corrected chi connectivity index (χ0v) is 13.7. The van der Waals surface area contributed by atoms with Gasteiger partial charge in [0.25, 0.3) is 0 Å². The van der Waals surface area contributed by atoms with E-state index in [0.29, 0.717) is 18.9 Å². The average molecular weight is 378 g/mol. The summed E-state index contributed by atoms with van der Waals surface area (Å²) in [6.07, 6.45) is -9.28. The first-order valence-electron chi connectivity index (χ1n) is 8.05. The molecular weight excluding hydrogens is 362 g/mol. The van der Waals surface area contributed by atoms with Crippen LogP contribution in [-0.2, 0) is 6.18 Å². The minimum absolute atomic E-state index is 0.00667. The number of hydrogen-bond donors (Lipinski definition) is 1. The number of nitrogens with one attached hydrogen (secondary N) is 1. The number of aromatic nitrogens is 1. The van der Waals surface area contributed by atoms with Gasteiger partial charge in [0, 0.05) is 34.7 Å². The highest BCUT2D eigenvalue weighted by molar-refractivity contribution is 5.86. The molecule has 0 bridgehead atoms. The molecule has 0 amide bonds. The monoisotopic (exact) mass is 378 g/mol. The molecule has 0 saturated carbocycles. The van der Waals surface area contributed by atoms with Gasteiger partial charge in [-0.05, 0) is 38.0 Å². The summed E-state index contributed by atoms with van der Waals surface area (Å²) in [5, 5.41) is -0.237. The third kappa shape index (κ3) is 3.66. The number of hydrogen-bond acceptors (Lipinski definition) is 2. The normalized spacial score (nSPS) is 21.6. The van der Waals surface area contributed by atoms with E-state index >= 15 is 0 Å². The van der Waals surface area contributed by atoms with E-state index in [1.54, 1.807) is 6.92 Å². The molecule has 142 valence electrons. The molecule has 1 aromatic carbocycles. The van der Waals surface area contributed by atoms with E-state index in [0.717, 1.165) is 0 Å². The minimum atomic E-state index is -4.74. The summed E-state index contributed by atoms with van der Waals surface area (Å²) in [6.45, 7) is 1.75. The first-order chi connectivity index (χ1) is 12.0. The summed E-state index contributed by atoms with van der Waals surface area (Å²) in [5.41, 5.74) is -1.71. The molecular formula is C17H16F6N2O. The Hall–Kier alpha value is -2.19. The van der Waals surface area contributed by atoms with Crippen LogP contribution < -0.4 is 10.5 Å². The van der Waals surface area contributed by atoms with Crippen molar-refractivity contribution in [2.24, 2.45) is 0 Å². The van der Waals surface area contributed by atoms with E-state index in [-0.39, 0.29) is 22.6 Å². The van der Waals surface area contributed by atoms with Gasteiger partial charge in [0.1, 0.15) is 0 Å². The van der Waals surface area contributed by atoms with Crippen LogP contribution in [0.4, 0.5) is 32.0 Å². The van der Waals surface area contributed by atoms with Crippen LogP contribution in [0, 0.1) is 0 Å². The van der Waals surface area contributed by atoms with Gasteiger partial charge in [-0.1, -0.05) is 0 Å². The standard InChI is InChI=1S/C17H16F6N2O/c1-9-2-3-11(8-16(18,19)20)25(9)10-4-5-14-12(6-10)13(17(21,22)23)7-15(26)24-14/h4-7,9,11H,2-3,8H2,1H3,(H,24,26)/t9?,11-/m1/s1. The first-order valence-corrected chi connectivity index (χ1v) is 8.05. The van der Waals surface area contributed by atoms with Crippen LogP contribution in [0.2, 0.25) is 0 Å². The lowest BCUT2D eigenvalue weighted by Gasteiger charge is -2.31. The molecule has 0 radical (unpaired) electrons. The van der Waals surface area contributed by atoms with Gasteiger partial charge in [-0.2, -0.15) is 26.3 Å². The molecule has 2 atom stereocenters. The number of rotatable bonds is 2. The maximum absolute atomic E-state index is 13.3. The van der Waals surface area contributed by atoms with Crippen molar-refractivity contribution in [3.8, 4) is 0 Å². The molecule has 1 unspecified atom stereocenters. The van der Waals surface area contributed by atoms with E-state index in [2.05, 4.69) is 4.98 Å². The second-order valence-electron chi connectivity index (χ2n) is 6.58. The summed E-state index contributed by atoms with van der Waals surface area (Å²) in [5.74, 6) is 0. The Morgan fingerprint density at radius 3 is 2.42 bits per heavy atom. The summed E-state index contributed by atoms with van der Waals surface area (Å²) in [6, 6.07) is 3.38. The molecule has 1 fully saturated rings. The molecule has 1 saturated heterocycles. The predicted octanol–water partition coefficient (Wildman–Crippen LogP) is 4.86. The number of H-pyrrole nitrogens is 1. The van der Waals surface area contributed by atoms with E-state index < -0.39 is 35.9 Å². The lowest BCUT2D eigenvalue weighted by Crippen LogP contribution is -2.37. The number of halogens is 6. The lowest BCUT2D eigenvalue weighted by molar-refractivity contribution is -0.138. The highest BCUT2D eigenvalue weighted by Gasteiger charge is 2.40. The molecule has 1 aromatic heterocycles. The number of alkyl halides is 6. The van der Waals surface area contributed by atoms with Gasteiger partial charge in [-0.25, -0.2) is 0 Å². The predicted molar refractivity (Wildman–Crippen MR) is 85.2 cm³/mol. The van der Waals surface area contributed by atoms with E-state index in [4.69, 9.17) is 0 Å².